The lowest BCUT2D eigenvalue weighted by atomic mass is 10.1. The van der Waals surface area contributed by atoms with Gasteiger partial charge in [0.1, 0.15) is 5.69 Å². The summed E-state index contributed by atoms with van der Waals surface area (Å²) >= 11 is 1.85. The summed E-state index contributed by atoms with van der Waals surface area (Å²) in [6.07, 6.45) is 0. The van der Waals surface area contributed by atoms with Crippen molar-refractivity contribution in [3.8, 4) is 11.3 Å². The van der Waals surface area contributed by atoms with E-state index < -0.39 is 0 Å². The molecule has 0 bridgehead atoms. The van der Waals surface area contributed by atoms with Crippen molar-refractivity contribution >= 4 is 11.8 Å². The third-order valence-corrected chi connectivity index (χ3v) is 3.82. The number of hydrogen-bond donors (Lipinski definition) is 1. The minimum atomic E-state index is 0.765. The zero-order chi connectivity index (χ0) is 11.0. The average Bonchev–Trinajstić information content (AvgIpc) is 2.73. The van der Waals surface area contributed by atoms with E-state index in [-0.39, 0.29) is 0 Å². The van der Waals surface area contributed by atoms with Gasteiger partial charge < -0.3 is 9.84 Å². The lowest BCUT2D eigenvalue weighted by Gasteiger charge is -2.13. The van der Waals surface area contributed by atoms with E-state index in [2.05, 4.69) is 28.7 Å². The van der Waals surface area contributed by atoms with Crippen LogP contribution in [-0.2, 0) is 12.3 Å². The molecule has 0 atom stereocenters. The van der Waals surface area contributed by atoms with Crippen LogP contribution in [0.2, 0.25) is 0 Å². The first kappa shape index (κ1) is 9.93. The van der Waals surface area contributed by atoms with Crippen LogP contribution in [0.5, 0.6) is 0 Å². The molecule has 3 nitrogen and oxygen atoms in total. The molecule has 1 aliphatic rings. The Hall–Kier alpha value is -1.26. The minimum absolute atomic E-state index is 0.765. The topological polar surface area (TPSA) is 38.1 Å². The number of rotatable bonds is 2. The molecule has 4 heteroatoms. The van der Waals surface area contributed by atoms with Gasteiger partial charge in [0.2, 0.25) is 0 Å². The smallest absolute Gasteiger partial charge is 0.172 e. The summed E-state index contributed by atoms with van der Waals surface area (Å²) in [4.78, 5) is 1.28. The molecule has 0 aliphatic carbocycles. The summed E-state index contributed by atoms with van der Waals surface area (Å²) in [7, 11) is 1.92. The molecule has 0 unspecified atom stereocenters. The van der Waals surface area contributed by atoms with Gasteiger partial charge in [0.25, 0.3) is 0 Å². The van der Waals surface area contributed by atoms with E-state index in [1.807, 2.05) is 24.9 Å². The number of aromatic nitrogens is 1. The molecule has 0 saturated carbocycles. The molecule has 2 heterocycles. The van der Waals surface area contributed by atoms with Crippen LogP contribution in [0.3, 0.4) is 0 Å². The molecular formula is C12H12N2OS. The first-order chi connectivity index (χ1) is 7.90. The van der Waals surface area contributed by atoms with Crippen molar-refractivity contribution < 1.29 is 4.52 Å². The molecule has 82 valence electrons. The minimum Gasteiger partial charge on any atom is -0.356 e. The summed E-state index contributed by atoms with van der Waals surface area (Å²) in [6, 6.07) is 8.31. The molecule has 1 aliphatic heterocycles. The van der Waals surface area contributed by atoms with Gasteiger partial charge in [-0.05, 0) is 19.2 Å². The Kier molecular flexibility index (Phi) is 2.46. The number of fused-ring (bicyclic) bond motifs is 3. The molecule has 0 fully saturated rings. The second kappa shape index (κ2) is 3.96. The highest BCUT2D eigenvalue weighted by Gasteiger charge is 2.23. The van der Waals surface area contributed by atoms with Crippen LogP contribution in [0.15, 0.2) is 33.7 Å². The van der Waals surface area contributed by atoms with Crippen LogP contribution in [0.25, 0.3) is 11.3 Å². The second-order valence-electron chi connectivity index (χ2n) is 3.75. The summed E-state index contributed by atoms with van der Waals surface area (Å²) < 4.78 is 5.46. The van der Waals surface area contributed by atoms with Crippen molar-refractivity contribution in [2.24, 2.45) is 0 Å². The molecule has 0 radical (unpaired) electrons. The maximum absolute atomic E-state index is 5.46. The van der Waals surface area contributed by atoms with Gasteiger partial charge in [-0.3, -0.25) is 0 Å². The van der Waals surface area contributed by atoms with Gasteiger partial charge in [0.05, 0.1) is 0 Å². The van der Waals surface area contributed by atoms with Crippen molar-refractivity contribution in [2.45, 2.75) is 17.2 Å². The van der Waals surface area contributed by atoms with Crippen LogP contribution < -0.4 is 5.32 Å². The normalized spacial score (nSPS) is 13.3. The summed E-state index contributed by atoms with van der Waals surface area (Å²) in [5, 5.41) is 7.25. The standard InChI is InChI=1S/C12H12N2OS/c1-13-6-10-9-7-16-11-5-3-2-4-8(11)12(9)15-14-10/h2-5,13H,6-7H2,1H3. The summed E-state index contributed by atoms with van der Waals surface area (Å²) in [6.45, 7) is 0.765. The fourth-order valence-electron chi connectivity index (χ4n) is 1.94. The average molecular weight is 232 g/mol. The van der Waals surface area contributed by atoms with Crippen LogP contribution in [0.4, 0.5) is 0 Å². The van der Waals surface area contributed by atoms with Gasteiger partial charge in [-0.1, -0.05) is 17.3 Å². The number of hydrogen-bond acceptors (Lipinski definition) is 4. The Morgan fingerprint density at radius 3 is 3.19 bits per heavy atom. The Morgan fingerprint density at radius 2 is 2.31 bits per heavy atom. The monoisotopic (exact) mass is 232 g/mol. The molecule has 16 heavy (non-hydrogen) atoms. The Balaban J connectivity index is 2.12. The van der Waals surface area contributed by atoms with Crippen molar-refractivity contribution in [2.75, 3.05) is 7.05 Å². The van der Waals surface area contributed by atoms with Crippen LogP contribution >= 0.6 is 11.8 Å². The molecular weight excluding hydrogens is 220 g/mol. The van der Waals surface area contributed by atoms with E-state index in [9.17, 15) is 0 Å². The highest BCUT2D eigenvalue weighted by molar-refractivity contribution is 7.98. The Bertz CT molecular complexity index is 521. The van der Waals surface area contributed by atoms with Crippen molar-refractivity contribution in [3.05, 3.63) is 35.5 Å². The molecule has 2 aromatic rings. The van der Waals surface area contributed by atoms with Crippen LogP contribution in [0, 0.1) is 0 Å². The second-order valence-corrected chi connectivity index (χ2v) is 4.77. The summed E-state index contributed by atoms with van der Waals surface area (Å²) in [5.41, 5.74) is 3.43. The maximum atomic E-state index is 5.46. The van der Waals surface area contributed by atoms with Crippen molar-refractivity contribution in [1.29, 1.82) is 0 Å². The highest BCUT2D eigenvalue weighted by Crippen LogP contribution is 2.42. The van der Waals surface area contributed by atoms with Crippen LogP contribution in [-0.4, -0.2) is 12.2 Å². The highest BCUT2D eigenvalue weighted by atomic mass is 32.2. The Morgan fingerprint density at radius 1 is 1.44 bits per heavy atom. The number of nitrogens with one attached hydrogen (secondary N) is 1. The van der Waals surface area contributed by atoms with Gasteiger partial charge in [-0.15, -0.1) is 11.8 Å². The van der Waals surface area contributed by atoms with Gasteiger partial charge in [-0.25, -0.2) is 0 Å². The van der Waals surface area contributed by atoms with Crippen LogP contribution in [0.1, 0.15) is 11.3 Å². The number of benzene rings is 1. The number of thioether (sulfide) groups is 1. The quantitative estimate of drug-likeness (QED) is 0.864. The predicted molar refractivity (Wildman–Crippen MR) is 64.3 cm³/mol. The van der Waals surface area contributed by atoms with Gasteiger partial charge in [0, 0.05) is 28.3 Å². The first-order valence-electron chi connectivity index (χ1n) is 5.24. The maximum Gasteiger partial charge on any atom is 0.172 e. The third-order valence-electron chi connectivity index (χ3n) is 2.72. The van der Waals surface area contributed by atoms with Gasteiger partial charge in [0.15, 0.2) is 5.76 Å². The molecule has 3 rings (SSSR count). The lowest BCUT2D eigenvalue weighted by Crippen LogP contribution is -2.08. The lowest BCUT2D eigenvalue weighted by molar-refractivity contribution is 0.420. The van der Waals surface area contributed by atoms with E-state index in [1.54, 1.807) is 0 Å². The Labute approximate surface area is 98.2 Å². The molecule has 0 saturated heterocycles. The van der Waals surface area contributed by atoms with E-state index >= 15 is 0 Å². The van der Waals surface area contributed by atoms with Gasteiger partial charge in [-0.2, -0.15) is 0 Å². The van der Waals surface area contributed by atoms with E-state index in [0.29, 0.717) is 0 Å². The third kappa shape index (κ3) is 1.45. The predicted octanol–water partition coefficient (Wildman–Crippen LogP) is 2.67. The van der Waals surface area contributed by atoms with Crippen molar-refractivity contribution in [3.63, 3.8) is 0 Å². The zero-order valence-corrected chi connectivity index (χ0v) is 9.80. The summed E-state index contributed by atoms with van der Waals surface area (Å²) in [5.74, 6) is 1.90. The molecule has 1 aromatic heterocycles. The number of nitrogens with zero attached hydrogens (tertiary/aromatic N) is 1. The van der Waals surface area contributed by atoms with Gasteiger partial charge >= 0.3 is 0 Å². The molecule has 0 amide bonds. The van der Waals surface area contributed by atoms with E-state index in [4.69, 9.17) is 4.52 Å². The largest absolute Gasteiger partial charge is 0.356 e. The van der Waals surface area contributed by atoms with Crippen molar-refractivity contribution in [1.82, 2.24) is 10.5 Å². The SMILES string of the molecule is CNCc1noc2c1CSc1ccccc1-2. The first-order valence-corrected chi connectivity index (χ1v) is 6.23. The zero-order valence-electron chi connectivity index (χ0n) is 8.99. The molecule has 1 aromatic carbocycles. The van der Waals surface area contributed by atoms with E-state index in [1.165, 1.54) is 16.0 Å². The van der Waals surface area contributed by atoms with E-state index in [0.717, 1.165) is 23.8 Å². The fourth-order valence-corrected chi connectivity index (χ4v) is 3.03. The fraction of sp³-hybridized carbons (Fsp3) is 0.250. The molecule has 0 spiro atoms. The molecule has 1 N–H and O–H groups in total.